The van der Waals surface area contributed by atoms with E-state index in [2.05, 4.69) is 0 Å². The summed E-state index contributed by atoms with van der Waals surface area (Å²) in [6.45, 7) is -0.324. The summed E-state index contributed by atoms with van der Waals surface area (Å²) in [7, 11) is 0. The molecule has 2 aromatic rings. The fraction of sp³-hybridized carbons (Fsp3) is 0.0769. The first kappa shape index (κ1) is 15.3. The Bertz CT molecular complexity index is 653. The Balaban J connectivity index is 2.31. The quantitative estimate of drug-likeness (QED) is 0.592. The predicted molar refractivity (Wildman–Crippen MR) is 80.6 cm³/mol. The van der Waals surface area contributed by atoms with Gasteiger partial charge in [0.2, 0.25) is 5.78 Å². The molecule has 0 N–H and O–H groups in total. The number of benzene rings is 1. The van der Waals surface area contributed by atoms with Gasteiger partial charge in [-0.1, -0.05) is 29.3 Å². The lowest BCUT2D eigenvalue weighted by atomic mass is 10.1. The van der Waals surface area contributed by atoms with Crippen LogP contribution in [-0.2, 0) is 4.79 Å². The Labute approximate surface area is 134 Å². The van der Waals surface area contributed by atoms with Crippen molar-refractivity contribution in [2.45, 2.75) is 0 Å². The van der Waals surface area contributed by atoms with Gasteiger partial charge < -0.3 is 4.74 Å². The molecule has 0 saturated carbocycles. The topological polar surface area (TPSA) is 43.4 Å². The van der Waals surface area contributed by atoms with Crippen LogP contribution in [0.5, 0.6) is 5.75 Å². The molecule has 0 amide bonds. The van der Waals surface area contributed by atoms with E-state index in [1.807, 2.05) is 0 Å². The van der Waals surface area contributed by atoms with Gasteiger partial charge in [0.05, 0.1) is 9.90 Å². The highest BCUT2D eigenvalue weighted by Crippen LogP contribution is 2.36. The molecule has 0 bridgehead atoms. The third-order valence-corrected chi connectivity index (χ3v) is 4.22. The van der Waals surface area contributed by atoms with Crippen LogP contribution in [0.4, 0.5) is 0 Å². The molecule has 0 fully saturated rings. The van der Waals surface area contributed by atoms with Gasteiger partial charge in [-0.25, -0.2) is 0 Å². The molecule has 0 spiro atoms. The Hall–Kier alpha value is -1.07. The fourth-order valence-electron chi connectivity index (χ4n) is 1.49. The van der Waals surface area contributed by atoms with E-state index in [1.165, 1.54) is 23.5 Å². The van der Waals surface area contributed by atoms with E-state index in [0.29, 0.717) is 4.88 Å². The lowest BCUT2D eigenvalue weighted by molar-refractivity contribution is -0.113. The Morgan fingerprint density at radius 2 is 1.90 bits per heavy atom. The molecule has 2 rings (SSSR count). The number of ketones is 1. The summed E-state index contributed by atoms with van der Waals surface area (Å²) in [6, 6.07) is 6.46. The second-order valence-electron chi connectivity index (χ2n) is 3.69. The maximum atomic E-state index is 12.2. The van der Waals surface area contributed by atoms with Gasteiger partial charge in [0.25, 0.3) is 5.24 Å². The summed E-state index contributed by atoms with van der Waals surface area (Å²) in [5, 5.41) is 1.30. The number of hydrogen-bond donors (Lipinski definition) is 0. The molecule has 0 radical (unpaired) electrons. The van der Waals surface area contributed by atoms with Crippen LogP contribution in [0.2, 0.25) is 10.0 Å². The minimum atomic E-state index is -0.657. The van der Waals surface area contributed by atoms with Crippen LogP contribution in [0.1, 0.15) is 15.2 Å². The Kier molecular flexibility index (Phi) is 5.05. The molecule has 0 aliphatic rings. The van der Waals surface area contributed by atoms with Crippen LogP contribution in [0, 0.1) is 0 Å². The molecular formula is C13H7Cl3O3S. The molecule has 0 unspecified atom stereocenters. The fourth-order valence-corrected chi connectivity index (χ4v) is 2.69. The third-order valence-electron chi connectivity index (χ3n) is 2.38. The normalized spacial score (nSPS) is 10.3. The minimum Gasteiger partial charge on any atom is -0.483 e. The van der Waals surface area contributed by atoms with Gasteiger partial charge in [0, 0.05) is 5.56 Å². The van der Waals surface area contributed by atoms with Crippen molar-refractivity contribution in [2.75, 3.05) is 6.61 Å². The molecule has 20 heavy (non-hydrogen) atoms. The Morgan fingerprint density at radius 1 is 1.15 bits per heavy atom. The standard InChI is InChI=1S/C13H7Cl3O3S/c14-10(17)6-19-8-4-3-7(11(15)12(8)16)13(18)9-2-1-5-20-9/h1-5H,6H2. The average Bonchev–Trinajstić information content (AvgIpc) is 2.93. The first-order valence-corrected chi connectivity index (χ1v) is 7.39. The minimum absolute atomic E-state index is 0.0759. The van der Waals surface area contributed by atoms with Crippen LogP contribution in [0.25, 0.3) is 0 Å². The summed E-state index contributed by atoms with van der Waals surface area (Å²) >= 11 is 18.6. The van der Waals surface area contributed by atoms with Crippen molar-refractivity contribution >= 4 is 57.2 Å². The van der Waals surface area contributed by atoms with Crippen molar-refractivity contribution in [3.8, 4) is 5.75 Å². The maximum absolute atomic E-state index is 12.2. The van der Waals surface area contributed by atoms with Crippen LogP contribution in [0.3, 0.4) is 0 Å². The van der Waals surface area contributed by atoms with Gasteiger partial charge in [-0.15, -0.1) is 11.3 Å². The second kappa shape index (κ2) is 6.59. The first-order chi connectivity index (χ1) is 9.50. The van der Waals surface area contributed by atoms with Crippen molar-refractivity contribution in [2.24, 2.45) is 0 Å². The van der Waals surface area contributed by atoms with E-state index in [4.69, 9.17) is 39.5 Å². The van der Waals surface area contributed by atoms with Gasteiger partial charge in [0.1, 0.15) is 10.8 Å². The molecule has 0 atom stereocenters. The lowest BCUT2D eigenvalue weighted by Crippen LogP contribution is -2.06. The zero-order valence-electron chi connectivity index (χ0n) is 9.86. The zero-order chi connectivity index (χ0) is 14.7. The Morgan fingerprint density at radius 3 is 2.50 bits per heavy atom. The van der Waals surface area contributed by atoms with Gasteiger partial charge in [0.15, 0.2) is 6.61 Å². The molecule has 3 nitrogen and oxygen atoms in total. The number of ether oxygens (including phenoxy) is 1. The van der Waals surface area contributed by atoms with Gasteiger partial charge in [-0.2, -0.15) is 0 Å². The average molecular weight is 350 g/mol. The molecular weight excluding hydrogens is 343 g/mol. The maximum Gasteiger partial charge on any atom is 0.259 e. The monoisotopic (exact) mass is 348 g/mol. The SMILES string of the molecule is O=C(Cl)COc1ccc(C(=O)c2cccs2)c(Cl)c1Cl. The highest BCUT2D eigenvalue weighted by atomic mass is 35.5. The molecule has 1 aromatic heterocycles. The van der Waals surface area contributed by atoms with Gasteiger partial charge in [-0.3, -0.25) is 9.59 Å². The van der Waals surface area contributed by atoms with E-state index in [9.17, 15) is 9.59 Å². The van der Waals surface area contributed by atoms with Crippen LogP contribution >= 0.6 is 46.1 Å². The number of rotatable bonds is 5. The zero-order valence-corrected chi connectivity index (χ0v) is 12.9. The summed E-state index contributed by atoms with van der Waals surface area (Å²) in [5.41, 5.74) is 0.281. The molecule has 1 aromatic carbocycles. The molecule has 104 valence electrons. The molecule has 0 aliphatic heterocycles. The van der Waals surface area contributed by atoms with Crippen molar-refractivity contribution in [1.82, 2.24) is 0 Å². The summed E-state index contributed by atoms with van der Waals surface area (Å²) in [4.78, 5) is 23.4. The summed E-state index contributed by atoms with van der Waals surface area (Å²) in [5.74, 6) is -0.0136. The summed E-state index contributed by atoms with van der Waals surface area (Å²) < 4.78 is 5.10. The number of carbonyl (C=O) groups excluding carboxylic acids is 2. The molecule has 1 heterocycles. The largest absolute Gasteiger partial charge is 0.483 e. The van der Waals surface area contributed by atoms with E-state index in [0.717, 1.165) is 0 Å². The molecule has 0 saturated heterocycles. The predicted octanol–water partition coefficient (Wildman–Crippen LogP) is 4.43. The van der Waals surface area contributed by atoms with Crippen molar-refractivity contribution in [3.05, 3.63) is 50.1 Å². The number of carbonyl (C=O) groups is 2. The number of hydrogen-bond acceptors (Lipinski definition) is 4. The first-order valence-electron chi connectivity index (χ1n) is 5.38. The van der Waals surface area contributed by atoms with Crippen LogP contribution in [-0.4, -0.2) is 17.6 Å². The van der Waals surface area contributed by atoms with Crippen LogP contribution < -0.4 is 4.74 Å². The van der Waals surface area contributed by atoms with Crippen molar-refractivity contribution < 1.29 is 14.3 Å². The smallest absolute Gasteiger partial charge is 0.259 e. The number of halogens is 3. The van der Waals surface area contributed by atoms with Crippen molar-refractivity contribution in [1.29, 1.82) is 0 Å². The van der Waals surface area contributed by atoms with Crippen molar-refractivity contribution in [3.63, 3.8) is 0 Å². The van der Waals surface area contributed by atoms with E-state index >= 15 is 0 Å². The van der Waals surface area contributed by atoms with E-state index in [1.54, 1.807) is 17.5 Å². The lowest BCUT2D eigenvalue weighted by Gasteiger charge is -2.09. The second-order valence-corrected chi connectivity index (χ2v) is 5.81. The third kappa shape index (κ3) is 3.33. The van der Waals surface area contributed by atoms with Gasteiger partial charge in [-0.05, 0) is 35.2 Å². The van der Waals surface area contributed by atoms with E-state index < -0.39 is 5.24 Å². The molecule has 0 aliphatic carbocycles. The highest BCUT2D eigenvalue weighted by molar-refractivity contribution is 7.12. The highest BCUT2D eigenvalue weighted by Gasteiger charge is 2.18. The van der Waals surface area contributed by atoms with Gasteiger partial charge >= 0.3 is 0 Å². The summed E-state index contributed by atoms with van der Waals surface area (Å²) in [6.07, 6.45) is 0. The van der Waals surface area contributed by atoms with E-state index in [-0.39, 0.29) is 33.7 Å². The molecule has 7 heteroatoms. The van der Waals surface area contributed by atoms with Crippen LogP contribution in [0.15, 0.2) is 29.6 Å². The number of thiophene rings is 1.